The standard InChI is InChI=1S/C15H28O2.Sn.2H/c1-11(2)7-8-14(9-12(3)4)15(16)17-10-13(5)6;;;/h8,11-13H,7,9-10H2,1-6H3;;;. The van der Waals surface area contributed by atoms with Crippen LogP contribution in [0.15, 0.2) is 11.6 Å². The van der Waals surface area contributed by atoms with E-state index in [9.17, 15) is 4.79 Å². The Hall–Kier alpha value is 0.00870. The molecule has 0 rings (SSSR count). The quantitative estimate of drug-likeness (QED) is 0.395. The molecule has 0 fully saturated rings. The van der Waals surface area contributed by atoms with Crippen LogP contribution in [0.25, 0.3) is 0 Å². The third-order valence-corrected chi connectivity index (χ3v) is 2.27. The Morgan fingerprint density at radius 1 is 1.00 bits per heavy atom. The molecule has 0 atom stereocenters. The summed E-state index contributed by atoms with van der Waals surface area (Å²) in [5, 5.41) is 0. The fourth-order valence-electron chi connectivity index (χ4n) is 1.40. The molecular formula is C15H30O2Sn. The molecule has 18 heavy (non-hydrogen) atoms. The summed E-state index contributed by atoms with van der Waals surface area (Å²) in [5.74, 6) is 1.33. The molecule has 0 heterocycles. The van der Waals surface area contributed by atoms with E-state index in [4.69, 9.17) is 4.74 Å². The number of esters is 1. The van der Waals surface area contributed by atoms with Crippen molar-refractivity contribution in [1.29, 1.82) is 0 Å². The van der Waals surface area contributed by atoms with Gasteiger partial charge in [0.15, 0.2) is 0 Å². The summed E-state index contributed by atoms with van der Waals surface area (Å²) in [7, 11) is 0. The minimum absolute atomic E-state index is 0. The minimum atomic E-state index is -0.131. The summed E-state index contributed by atoms with van der Waals surface area (Å²) in [6.45, 7) is 13.2. The van der Waals surface area contributed by atoms with Gasteiger partial charge in [-0.3, -0.25) is 0 Å². The van der Waals surface area contributed by atoms with Crippen LogP contribution in [0.4, 0.5) is 0 Å². The first-order valence-electron chi connectivity index (χ1n) is 6.69. The normalized spacial score (nSPS) is 11.9. The molecule has 0 N–H and O–H groups in total. The Balaban J connectivity index is 0. The number of hydrogen-bond acceptors (Lipinski definition) is 2. The fraction of sp³-hybridized carbons (Fsp3) is 0.800. The van der Waals surface area contributed by atoms with Crippen LogP contribution in [0.3, 0.4) is 0 Å². The fourth-order valence-corrected chi connectivity index (χ4v) is 1.40. The second kappa shape index (κ2) is 10.9. The van der Waals surface area contributed by atoms with Crippen LogP contribution in [-0.2, 0) is 9.53 Å². The molecule has 0 aliphatic carbocycles. The average molecular weight is 361 g/mol. The van der Waals surface area contributed by atoms with E-state index in [1.54, 1.807) is 0 Å². The first-order chi connectivity index (χ1) is 7.82. The number of carbonyl (C=O) groups is 1. The van der Waals surface area contributed by atoms with E-state index in [1.165, 1.54) is 0 Å². The van der Waals surface area contributed by atoms with E-state index >= 15 is 0 Å². The Morgan fingerprint density at radius 2 is 1.56 bits per heavy atom. The van der Waals surface area contributed by atoms with Gasteiger partial charge in [-0.25, -0.2) is 4.79 Å². The zero-order chi connectivity index (χ0) is 13.4. The number of allylic oxidation sites excluding steroid dienone is 1. The van der Waals surface area contributed by atoms with Gasteiger partial charge >= 0.3 is 29.9 Å². The Morgan fingerprint density at radius 3 is 1.94 bits per heavy atom. The molecule has 3 heteroatoms. The van der Waals surface area contributed by atoms with Gasteiger partial charge in [0.2, 0.25) is 0 Å². The molecule has 0 saturated carbocycles. The maximum absolute atomic E-state index is 11.9. The van der Waals surface area contributed by atoms with Crippen LogP contribution < -0.4 is 0 Å². The molecule has 0 aliphatic heterocycles. The number of rotatable bonds is 7. The number of carbonyl (C=O) groups excluding carboxylic acids is 1. The van der Waals surface area contributed by atoms with Gasteiger partial charge in [-0.15, -0.1) is 0 Å². The van der Waals surface area contributed by atoms with Gasteiger partial charge in [-0.2, -0.15) is 0 Å². The van der Waals surface area contributed by atoms with Crippen molar-refractivity contribution < 1.29 is 9.53 Å². The summed E-state index contributed by atoms with van der Waals surface area (Å²) in [6.07, 6.45) is 3.80. The Labute approximate surface area is 130 Å². The van der Waals surface area contributed by atoms with Crippen LogP contribution >= 0.6 is 0 Å². The molecular weight excluding hydrogens is 331 g/mol. The van der Waals surface area contributed by atoms with Crippen LogP contribution in [0.1, 0.15) is 54.4 Å². The van der Waals surface area contributed by atoms with Crippen molar-refractivity contribution >= 4 is 29.9 Å². The van der Waals surface area contributed by atoms with Gasteiger partial charge in [-0.1, -0.05) is 47.6 Å². The molecule has 0 bridgehead atoms. The van der Waals surface area contributed by atoms with E-state index in [-0.39, 0.29) is 29.9 Å². The van der Waals surface area contributed by atoms with E-state index in [0.717, 1.165) is 18.4 Å². The molecule has 0 aliphatic rings. The monoisotopic (exact) mass is 362 g/mol. The summed E-state index contributed by atoms with van der Waals surface area (Å²) in [6, 6.07) is 0. The van der Waals surface area contributed by atoms with Gasteiger partial charge in [-0.05, 0) is 30.6 Å². The van der Waals surface area contributed by atoms with Crippen molar-refractivity contribution in [3.05, 3.63) is 11.6 Å². The van der Waals surface area contributed by atoms with Crippen molar-refractivity contribution in [2.75, 3.05) is 6.61 Å². The molecule has 2 nitrogen and oxygen atoms in total. The van der Waals surface area contributed by atoms with Crippen molar-refractivity contribution in [2.45, 2.75) is 54.4 Å². The third kappa shape index (κ3) is 11.1. The molecule has 0 aromatic carbocycles. The molecule has 106 valence electrons. The number of hydrogen-bond donors (Lipinski definition) is 0. The number of ether oxygens (including phenoxy) is 1. The Bertz CT molecular complexity index is 255. The second-order valence-electron chi connectivity index (χ2n) is 5.95. The molecule has 0 amide bonds. The average Bonchev–Trinajstić information content (AvgIpc) is 2.19. The van der Waals surface area contributed by atoms with Gasteiger partial charge in [0.1, 0.15) is 0 Å². The van der Waals surface area contributed by atoms with Crippen LogP contribution in [0.2, 0.25) is 0 Å². The summed E-state index contributed by atoms with van der Waals surface area (Å²) < 4.78 is 5.29. The van der Waals surface area contributed by atoms with Crippen molar-refractivity contribution in [1.82, 2.24) is 0 Å². The predicted molar refractivity (Wildman–Crippen MR) is 81.3 cm³/mol. The molecule has 0 aromatic rings. The third-order valence-electron chi connectivity index (χ3n) is 2.27. The SMILES string of the molecule is CC(C)CC=C(CC(C)C)C(=O)OCC(C)C.[SnH2]. The molecule has 0 spiro atoms. The molecule has 2 radical (unpaired) electrons. The first kappa shape index (κ1) is 20.3. The topological polar surface area (TPSA) is 26.3 Å². The van der Waals surface area contributed by atoms with Crippen LogP contribution in [-0.4, -0.2) is 36.5 Å². The summed E-state index contributed by atoms with van der Waals surface area (Å²) in [4.78, 5) is 11.9. The van der Waals surface area contributed by atoms with Gasteiger partial charge in [0, 0.05) is 5.57 Å². The van der Waals surface area contributed by atoms with Crippen LogP contribution in [0.5, 0.6) is 0 Å². The zero-order valence-corrected chi connectivity index (χ0v) is 17.0. The van der Waals surface area contributed by atoms with E-state index < -0.39 is 0 Å². The first-order valence-corrected chi connectivity index (χ1v) is 6.69. The summed E-state index contributed by atoms with van der Waals surface area (Å²) >= 11 is 0. The van der Waals surface area contributed by atoms with Crippen molar-refractivity contribution in [3.8, 4) is 0 Å². The summed E-state index contributed by atoms with van der Waals surface area (Å²) in [5.41, 5.74) is 0.842. The van der Waals surface area contributed by atoms with Crippen molar-refractivity contribution in [3.63, 3.8) is 0 Å². The predicted octanol–water partition coefficient (Wildman–Crippen LogP) is 3.29. The maximum atomic E-state index is 11.9. The molecule has 0 aromatic heterocycles. The molecule has 0 unspecified atom stereocenters. The Kier molecular flexibility index (Phi) is 12.3. The second-order valence-corrected chi connectivity index (χ2v) is 5.95. The van der Waals surface area contributed by atoms with Gasteiger partial charge in [0.05, 0.1) is 6.61 Å². The van der Waals surface area contributed by atoms with Crippen molar-refractivity contribution in [2.24, 2.45) is 17.8 Å². The molecule has 0 saturated heterocycles. The van der Waals surface area contributed by atoms with E-state index in [0.29, 0.717) is 24.4 Å². The van der Waals surface area contributed by atoms with E-state index in [1.807, 2.05) is 19.9 Å². The van der Waals surface area contributed by atoms with Gasteiger partial charge in [0.25, 0.3) is 0 Å². The van der Waals surface area contributed by atoms with Crippen LogP contribution in [0, 0.1) is 17.8 Å². The van der Waals surface area contributed by atoms with Gasteiger partial charge < -0.3 is 4.74 Å². The van der Waals surface area contributed by atoms with E-state index in [2.05, 4.69) is 27.7 Å². The zero-order valence-electron chi connectivity index (χ0n) is 13.0.